The van der Waals surface area contributed by atoms with E-state index in [0.717, 1.165) is 12.0 Å². The van der Waals surface area contributed by atoms with Crippen molar-refractivity contribution in [1.29, 1.82) is 0 Å². The lowest BCUT2D eigenvalue weighted by Gasteiger charge is -2.23. The van der Waals surface area contributed by atoms with E-state index in [9.17, 15) is 5.11 Å². The molecule has 17 heavy (non-hydrogen) atoms. The molecule has 0 radical (unpaired) electrons. The second kappa shape index (κ2) is 5.84. The van der Waals surface area contributed by atoms with Crippen LogP contribution in [0.3, 0.4) is 0 Å². The Bertz CT molecular complexity index is 372. The molecule has 0 fully saturated rings. The van der Waals surface area contributed by atoms with E-state index in [1.54, 1.807) is 0 Å². The average Bonchev–Trinajstić information content (AvgIpc) is 2.90. The van der Waals surface area contributed by atoms with Gasteiger partial charge in [0.2, 0.25) is 0 Å². The van der Waals surface area contributed by atoms with E-state index in [1.165, 1.54) is 0 Å². The molecule has 1 heterocycles. The van der Waals surface area contributed by atoms with Gasteiger partial charge in [0.05, 0.1) is 6.61 Å². The Labute approximate surface area is 102 Å². The fourth-order valence-corrected chi connectivity index (χ4v) is 1.98. The maximum atomic E-state index is 10.3. The standard InChI is InChI=1S/C14H18O3/c1-2-16-14(11-7-4-3-5-8-11)13(15)12-9-6-10-17-12/h3-5,7-9,13-15H,2,6,10H2,1H3. The Kier molecular flexibility index (Phi) is 4.18. The number of hydrogen-bond acceptors (Lipinski definition) is 3. The largest absolute Gasteiger partial charge is 0.495 e. The molecule has 1 aromatic carbocycles. The lowest BCUT2D eigenvalue weighted by Crippen LogP contribution is -2.24. The molecule has 2 atom stereocenters. The summed E-state index contributed by atoms with van der Waals surface area (Å²) in [5, 5.41) is 10.3. The van der Waals surface area contributed by atoms with Crippen molar-refractivity contribution < 1.29 is 14.6 Å². The van der Waals surface area contributed by atoms with Gasteiger partial charge in [-0.1, -0.05) is 30.3 Å². The van der Waals surface area contributed by atoms with Gasteiger partial charge in [-0.2, -0.15) is 0 Å². The molecule has 0 aliphatic carbocycles. The van der Waals surface area contributed by atoms with Crippen LogP contribution < -0.4 is 0 Å². The van der Waals surface area contributed by atoms with Crippen LogP contribution in [0, 0.1) is 0 Å². The zero-order chi connectivity index (χ0) is 12.1. The second-order valence-corrected chi connectivity index (χ2v) is 3.98. The number of ether oxygens (including phenoxy) is 2. The molecule has 3 nitrogen and oxygen atoms in total. The molecule has 3 heteroatoms. The van der Waals surface area contributed by atoms with E-state index in [2.05, 4.69) is 0 Å². The average molecular weight is 234 g/mol. The van der Waals surface area contributed by atoms with Crippen molar-refractivity contribution in [2.75, 3.05) is 13.2 Å². The van der Waals surface area contributed by atoms with Crippen molar-refractivity contribution in [3.63, 3.8) is 0 Å². The molecule has 1 aromatic rings. The SMILES string of the molecule is CCOC(c1ccccc1)C(O)C1=CCCO1. The monoisotopic (exact) mass is 234 g/mol. The van der Waals surface area contributed by atoms with Gasteiger partial charge in [0, 0.05) is 13.0 Å². The van der Waals surface area contributed by atoms with Crippen molar-refractivity contribution in [1.82, 2.24) is 0 Å². The Morgan fingerprint density at radius 2 is 2.12 bits per heavy atom. The second-order valence-electron chi connectivity index (χ2n) is 3.98. The van der Waals surface area contributed by atoms with Crippen LogP contribution >= 0.6 is 0 Å². The number of aliphatic hydroxyl groups is 1. The highest BCUT2D eigenvalue weighted by Gasteiger charge is 2.27. The molecule has 92 valence electrons. The van der Waals surface area contributed by atoms with Crippen molar-refractivity contribution >= 4 is 0 Å². The topological polar surface area (TPSA) is 38.7 Å². The molecular weight excluding hydrogens is 216 g/mol. The summed E-state index contributed by atoms with van der Waals surface area (Å²) < 4.78 is 11.0. The van der Waals surface area contributed by atoms with E-state index in [0.29, 0.717) is 19.0 Å². The molecule has 0 bridgehead atoms. The zero-order valence-electron chi connectivity index (χ0n) is 10.0. The summed E-state index contributed by atoms with van der Waals surface area (Å²) in [6, 6.07) is 9.75. The van der Waals surface area contributed by atoms with Crippen molar-refractivity contribution in [3.05, 3.63) is 47.7 Å². The zero-order valence-corrected chi connectivity index (χ0v) is 10.0. The quantitative estimate of drug-likeness (QED) is 0.850. The Morgan fingerprint density at radius 1 is 1.35 bits per heavy atom. The van der Waals surface area contributed by atoms with E-state index in [4.69, 9.17) is 9.47 Å². The van der Waals surface area contributed by atoms with Crippen LogP contribution in [0.15, 0.2) is 42.2 Å². The van der Waals surface area contributed by atoms with Crippen molar-refractivity contribution in [2.24, 2.45) is 0 Å². The number of rotatable bonds is 5. The van der Waals surface area contributed by atoms with Crippen LogP contribution in [0.1, 0.15) is 25.0 Å². The minimum atomic E-state index is -0.722. The van der Waals surface area contributed by atoms with Gasteiger partial charge < -0.3 is 14.6 Å². The first-order chi connectivity index (χ1) is 8.33. The van der Waals surface area contributed by atoms with E-state index < -0.39 is 6.10 Å². The summed E-state index contributed by atoms with van der Waals surface area (Å²) in [6.07, 6.45) is 1.71. The van der Waals surface area contributed by atoms with Gasteiger partial charge in [0.25, 0.3) is 0 Å². The predicted molar refractivity (Wildman–Crippen MR) is 65.5 cm³/mol. The third-order valence-corrected chi connectivity index (χ3v) is 2.78. The van der Waals surface area contributed by atoms with Gasteiger partial charge >= 0.3 is 0 Å². The molecule has 0 saturated carbocycles. The third kappa shape index (κ3) is 2.87. The van der Waals surface area contributed by atoms with E-state index >= 15 is 0 Å². The molecule has 0 amide bonds. The summed E-state index contributed by atoms with van der Waals surface area (Å²) in [5.74, 6) is 0.632. The van der Waals surface area contributed by atoms with Crippen molar-refractivity contribution in [3.8, 4) is 0 Å². The Hall–Kier alpha value is -1.32. The Morgan fingerprint density at radius 3 is 2.71 bits per heavy atom. The lowest BCUT2D eigenvalue weighted by atomic mass is 10.0. The first-order valence-corrected chi connectivity index (χ1v) is 6.00. The highest BCUT2D eigenvalue weighted by molar-refractivity contribution is 5.22. The van der Waals surface area contributed by atoms with Crippen LogP contribution in [0.4, 0.5) is 0 Å². The summed E-state index contributed by atoms with van der Waals surface area (Å²) in [5.41, 5.74) is 0.971. The minimum absolute atomic E-state index is 0.356. The van der Waals surface area contributed by atoms with Gasteiger partial charge in [-0.05, 0) is 18.6 Å². The Balaban J connectivity index is 2.16. The van der Waals surface area contributed by atoms with Crippen LogP contribution in [-0.2, 0) is 9.47 Å². The van der Waals surface area contributed by atoms with Crippen LogP contribution in [0.25, 0.3) is 0 Å². The van der Waals surface area contributed by atoms with E-state index in [1.807, 2.05) is 43.3 Å². The first kappa shape index (κ1) is 12.1. The van der Waals surface area contributed by atoms with Crippen molar-refractivity contribution in [2.45, 2.75) is 25.6 Å². The van der Waals surface area contributed by atoms with Crippen LogP contribution in [0.2, 0.25) is 0 Å². The van der Waals surface area contributed by atoms with Gasteiger partial charge in [-0.3, -0.25) is 0 Å². The van der Waals surface area contributed by atoms with Gasteiger partial charge in [-0.25, -0.2) is 0 Å². The maximum Gasteiger partial charge on any atom is 0.141 e. The number of benzene rings is 1. The molecule has 2 unspecified atom stereocenters. The van der Waals surface area contributed by atoms with Gasteiger partial charge in [0.15, 0.2) is 0 Å². The molecule has 1 N–H and O–H groups in total. The van der Waals surface area contributed by atoms with Crippen LogP contribution in [0.5, 0.6) is 0 Å². The summed E-state index contributed by atoms with van der Waals surface area (Å²) in [4.78, 5) is 0. The normalized spacial score (nSPS) is 18.4. The predicted octanol–water partition coefficient (Wildman–Crippen LogP) is 2.43. The fourth-order valence-electron chi connectivity index (χ4n) is 1.98. The summed E-state index contributed by atoms with van der Waals surface area (Å²) in [6.45, 7) is 3.14. The highest BCUT2D eigenvalue weighted by atomic mass is 16.5. The lowest BCUT2D eigenvalue weighted by molar-refractivity contribution is -0.0383. The summed E-state index contributed by atoms with van der Waals surface area (Å²) >= 11 is 0. The molecule has 1 aliphatic heterocycles. The molecule has 0 spiro atoms. The van der Waals surface area contributed by atoms with Gasteiger partial charge in [0.1, 0.15) is 18.0 Å². The molecule has 1 aliphatic rings. The van der Waals surface area contributed by atoms with Crippen LogP contribution in [-0.4, -0.2) is 24.4 Å². The summed E-state index contributed by atoms with van der Waals surface area (Å²) in [7, 11) is 0. The van der Waals surface area contributed by atoms with E-state index in [-0.39, 0.29) is 6.10 Å². The fraction of sp³-hybridized carbons (Fsp3) is 0.429. The number of aliphatic hydroxyl groups excluding tert-OH is 1. The molecule has 2 rings (SSSR count). The smallest absolute Gasteiger partial charge is 0.141 e. The maximum absolute atomic E-state index is 10.3. The van der Waals surface area contributed by atoms with Gasteiger partial charge in [-0.15, -0.1) is 0 Å². The third-order valence-electron chi connectivity index (χ3n) is 2.78. The molecular formula is C14H18O3. The minimum Gasteiger partial charge on any atom is -0.495 e. The first-order valence-electron chi connectivity index (χ1n) is 6.00. The molecule has 0 aromatic heterocycles. The highest BCUT2D eigenvalue weighted by Crippen LogP contribution is 2.28. The number of hydrogen-bond donors (Lipinski definition) is 1. The molecule has 0 saturated heterocycles.